The predicted molar refractivity (Wildman–Crippen MR) is 104 cm³/mol. The molecule has 1 amide bonds. The lowest BCUT2D eigenvalue weighted by molar-refractivity contribution is 0.0992. The Hall–Kier alpha value is -2.70. The van der Waals surface area contributed by atoms with Crippen LogP contribution in [0, 0.1) is 12.3 Å². The third-order valence-corrected chi connectivity index (χ3v) is 6.04. The second-order valence-corrected chi connectivity index (χ2v) is 9.29. The Labute approximate surface area is 160 Å². The van der Waals surface area contributed by atoms with Gasteiger partial charge in [-0.1, -0.05) is 17.3 Å². The van der Waals surface area contributed by atoms with Crippen LogP contribution in [0.4, 0.5) is 0 Å². The normalized spacial score (nSPS) is 12.6. The van der Waals surface area contributed by atoms with Crippen LogP contribution < -0.4 is 4.80 Å². The first-order valence-corrected chi connectivity index (χ1v) is 10.8. The molecule has 7 nitrogen and oxygen atoms in total. The molecule has 1 aromatic carbocycles. The zero-order valence-corrected chi connectivity index (χ0v) is 16.7. The number of nitrogens with zero attached hydrogens (tertiary/aromatic N) is 4. The maximum absolute atomic E-state index is 12.5. The van der Waals surface area contributed by atoms with Crippen molar-refractivity contribution in [3.05, 3.63) is 41.0 Å². The first kappa shape index (κ1) is 19.1. The summed E-state index contributed by atoms with van der Waals surface area (Å²) in [5.74, 6) is 2.06. The molecule has 0 atom stereocenters. The number of hydrogen-bond donors (Lipinski definition) is 0. The Bertz CT molecular complexity index is 1240. The van der Waals surface area contributed by atoms with E-state index in [0.29, 0.717) is 9.50 Å². The molecule has 0 bridgehead atoms. The molecule has 9 heteroatoms. The summed E-state index contributed by atoms with van der Waals surface area (Å²) in [6.45, 7) is 4.14. The van der Waals surface area contributed by atoms with E-state index in [1.54, 1.807) is 33.6 Å². The van der Waals surface area contributed by atoms with Gasteiger partial charge >= 0.3 is 0 Å². The molecule has 0 radical (unpaired) electrons. The number of carbonyl (C=O) groups is 1. The Morgan fingerprint density at radius 3 is 2.70 bits per heavy atom. The maximum Gasteiger partial charge on any atom is 0.300 e. The molecule has 0 spiro atoms. The monoisotopic (exact) mass is 402 g/mol. The Balaban J connectivity index is 2.14. The largest absolute Gasteiger partial charge is 0.305 e. The van der Waals surface area contributed by atoms with Gasteiger partial charge in [0.2, 0.25) is 0 Å². The van der Waals surface area contributed by atoms with Crippen molar-refractivity contribution in [2.75, 3.05) is 6.26 Å². The van der Waals surface area contributed by atoms with Gasteiger partial charge in [-0.15, -0.1) is 6.42 Å². The summed E-state index contributed by atoms with van der Waals surface area (Å²) in [6, 6.07) is 6.52. The number of aromatic nitrogens is 3. The van der Waals surface area contributed by atoms with Crippen LogP contribution in [0.1, 0.15) is 30.4 Å². The smallest absolute Gasteiger partial charge is 0.300 e. The van der Waals surface area contributed by atoms with Crippen molar-refractivity contribution in [3.63, 3.8) is 0 Å². The fourth-order valence-electron chi connectivity index (χ4n) is 2.50. The molecular weight excluding hydrogens is 384 g/mol. The summed E-state index contributed by atoms with van der Waals surface area (Å²) in [7, 11) is -3.33. The fourth-order valence-corrected chi connectivity index (χ4v) is 4.29. The molecule has 2 aromatic heterocycles. The summed E-state index contributed by atoms with van der Waals surface area (Å²) >= 11 is 1.21. The van der Waals surface area contributed by atoms with Crippen molar-refractivity contribution >= 4 is 37.3 Å². The Morgan fingerprint density at radius 1 is 1.37 bits per heavy atom. The maximum atomic E-state index is 12.5. The topological polar surface area (TPSA) is 86.3 Å². The van der Waals surface area contributed by atoms with Crippen LogP contribution >= 0.6 is 11.3 Å². The van der Waals surface area contributed by atoms with Crippen LogP contribution in [0.2, 0.25) is 0 Å². The van der Waals surface area contributed by atoms with Crippen LogP contribution in [0.25, 0.3) is 10.2 Å². The summed E-state index contributed by atoms with van der Waals surface area (Å²) < 4.78 is 27.7. The van der Waals surface area contributed by atoms with Gasteiger partial charge in [-0.25, -0.2) is 8.42 Å². The van der Waals surface area contributed by atoms with E-state index >= 15 is 0 Å². The van der Waals surface area contributed by atoms with Gasteiger partial charge in [0.05, 0.1) is 21.7 Å². The molecule has 0 unspecified atom stereocenters. The molecule has 0 aliphatic carbocycles. The molecule has 3 aromatic rings. The van der Waals surface area contributed by atoms with Crippen LogP contribution in [0.15, 0.2) is 40.4 Å². The highest BCUT2D eigenvalue weighted by Gasteiger charge is 2.14. The van der Waals surface area contributed by atoms with Crippen molar-refractivity contribution in [1.82, 2.24) is 14.3 Å². The number of sulfone groups is 1. The van der Waals surface area contributed by atoms with Gasteiger partial charge in [-0.05, 0) is 38.1 Å². The molecule has 0 N–H and O–H groups in total. The molecule has 2 heterocycles. The average molecular weight is 403 g/mol. The third-order valence-electron chi connectivity index (χ3n) is 3.89. The van der Waals surface area contributed by atoms with E-state index in [9.17, 15) is 13.2 Å². The van der Waals surface area contributed by atoms with Crippen molar-refractivity contribution in [1.29, 1.82) is 0 Å². The number of thiazole rings is 1. The standard InChI is InChI=1S/C18H18N4O3S2/c1-5-9-21-15-7-6-13(27(4,24)25)11-16(15)26-18(21)19-17(23)14-8-10-22(20-14)12(2)3/h1,6-8,10-12H,9H2,2-4H3. The van der Waals surface area contributed by atoms with Crippen molar-refractivity contribution in [2.24, 2.45) is 4.99 Å². The van der Waals surface area contributed by atoms with Gasteiger partial charge in [0.1, 0.15) is 0 Å². The molecule has 3 rings (SSSR count). The van der Waals surface area contributed by atoms with Gasteiger partial charge in [0, 0.05) is 18.5 Å². The average Bonchev–Trinajstić information content (AvgIpc) is 3.20. The third kappa shape index (κ3) is 3.86. The van der Waals surface area contributed by atoms with Crippen LogP contribution in [0.3, 0.4) is 0 Å². The highest BCUT2D eigenvalue weighted by molar-refractivity contribution is 7.90. The highest BCUT2D eigenvalue weighted by Crippen LogP contribution is 2.22. The predicted octanol–water partition coefficient (Wildman–Crippen LogP) is 2.26. The first-order chi connectivity index (χ1) is 12.7. The van der Waals surface area contributed by atoms with Gasteiger partial charge in [0.15, 0.2) is 20.3 Å². The van der Waals surface area contributed by atoms with Gasteiger partial charge in [0.25, 0.3) is 5.91 Å². The number of amides is 1. The van der Waals surface area contributed by atoms with Gasteiger partial charge in [-0.3, -0.25) is 9.48 Å². The number of terminal acetylenes is 1. The fraction of sp³-hybridized carbons (Fsp3) is 0.278. The summed E-state index contributed by atoms with van der Waals surface area (Å²) in [5.41, 5.74) is 0.967. The lowest BCUT2D eigenvalue weighted by Gasteiger charge is -2.02. The number of benzene rings is 1. The lowest BCUT2D eigenvalue weighted by Crippen LogP contribution is -2.16. The molecule has 0 aliphatic heterocycles. The first-order valence-electron chi connectivity index (χ1n) is 8.12. The van der Waals surface area contributed by atoms with Crippen molar-refractivity contribution < 1.29 is 13.2 Å². The zero-order chi connectivity index (χ0) is 19.8. The summed E-state index contributed by atoms with van der Waals surface area (Å²) in [5, 5.41) is 4.23. The van der Waals surface area contributed by atoms with E-state index in [1.807, 2.05) is 13.8 Å². The lowest BCUT2D eigenvalue weighted by atomic mass is 10.3. The minimum atomic E-state index is -3.33. The molecule has 0 saturated heterocycles. The summed E-state index contributed by atoms with van der Waals surface area (Å²) in [6.07, 6.45) is 8.33. The van der Waals surface area contributed by atoms with E-state index in [0.717, 1.165) is 11.8 Å². The number of fused-ring (bicyclic) bond motifs is 1. The minimum Gasteiger partial charge on any atom is -0.305 e. The number of rotatable bonds is 4. The van der Waals surface area contributed by atoms with E-state index in [2.05, 4.69) is 16.0 Å². The molecule has 0 aliphatic rings. The van der Waals surface area contributed by atoms with E-state index in [-0.39, 0.29) is 23.2 Å². The SMILES string of the molecule is C#CCn1c(=NC(=O)c2ccn(C(C)C)n2)sc2cc(S(C)(=O)=O)ccc21. The summed E-state index contributed by atoms with van der Waals surface area (Å²) in [4.78, 5) is 17.3. The number of hydrogen-bond acceptors (Lipinski definition) is 5. The minimum absolute atomic E-state index is 0.136. The molecule has 0 fully saturated rings. The number of carbonyl (C=O) groups excluding carboxylic acids is 1. The van der Waals surface area contributed by atoms with Crippen LogP contribution in [-0.2, 0) is 16.4 Å². The molecule has 27 heavy (non-hydrogen) atoms. The Kier molecular flexibility index (Phi) is 5.04. The second-order valence-electron chi connectivity index (χ2n) is 6.27. The second kappa shape index (κ2) is 7.13. The molecule has 0 saturated carbocycles. The Morgan fingerprint density at radius 2 is 2.11 bits per heavy atom. The quantitative estimate of drug-likeness (QED) is 0.627. The van der Waals surface area contributed by atoms with Crippen molar-refractivity contribution in [3.8, 4) is 12.3 Å². The highest BCUT2D eigenvalue weighted by atomic mass is 32.2. The zero-order valence-electron chi connectivity index (χ0n) is 15.1. The molecular formula is C18H18N4O3S2. The van der Waals surface area contributed by atoms with Crippen molar-refractivity contribution in [2.45, 2.75) is 31.3 Å². The van der Waals surface area contributed by atoms with Crippen LogP contribution in [-0.4, -0.2) is 34.9 Å². The van der Waals surface area contributed by atoms with Gasteiger partial charge in [-0.2, -0.15) is 10.1 Å². The molecule has 140 valence electrons. The van der Waals surface area contributed by atoms with E-state index in [4.69, 9.17) is 6.42 Å². The van der Waals surface area contributed by atoms with E-state index in [1.165, 1.54) is 17.4 Å². The van der Waals surface area contributed by atoms with Gasteiger partial charge < -0.3 is 4.57 Å². The van der Waals surface area contributed by atoms with Crippen LogP contribution in [0.5, 0.6) is 0 Å². The van der Waals surface area contributed by atoms with E-state index < -0.39 is 15.7 Å².